The van der Waals surface area contributed by atoms with E-state index in [2.05, 4.69) is 27.7 Å². The van der Waals surface area contributed by atoms with Gasteiger partial charge in [-0.05, 0) is 0 Å². The van der Waals surface area contributed by atoms with E-state index >= 15 is 0 Å². The van der Waals surface area contributed by atoms with Crippen molar-refractivity contribution in [1.29, 1.82) is 0 Å². The Morgan fingerprint density at radius 2 is 2.15 bits per heavy atom. The van der Waals surface area contributed by atoms with E-state index in [9.17, 15) is 14.0 Å². The number of halogens is 3. The number of fused-ring (bicyclic) bond motifs is 4. The van der Waals surface area contributed by atoms with Gasteiger partial charge in [-0.15, -0.1) is 0 Å². The third kappa shape index (κ3) is 4.25. The first-order valence-corrected chi connectivity index (χ1v) is 13.9. The monoisotopic (exact) mass is 678 g/mol. The fraction of sp³-hybridized carbons (Fsp3) is 0.150. The summed E-state index contributed by atoms with van der Waals surface area (Å²) in [6.45, 7) is 0. The number of nitrogens with one attached hydrogen (secondary N) is 5. The average molecular weight is 678 g/mol. The number of carbonyl (C=O) groups is 2. The number of ether oxygens (including phenoxy) is 1. The van der Waals surface area contributed by atoms with Crippen LogP contribution in [0.25, 0.3) is 11.3 Å². The average Bonchev–Trinajstić information content (AvgIpc) is 3.16. The topological polar surface area (TPSA) is 129 Å². The van der Waals surface area contributed by atoms with Crippen LogP contribution in [0, 0.1) is 5.82 Å². The molecule has 13 heteroatoms. The first-order chi connectivity index (χ1) is 16.0. The van der Waals surface area contributed by atoms with Gasteiger partial charge in [0.15, 0.2) is 0 Å². The molecular formula is C20H17FI2N6O4-2. The molecule has 1 atom stereocenters. The number of aromatic amines is 1. The number of para-hydroxylation sites is 1. The van der Waals surface area contributed by atoms with Crippen LogP contribution in [0.15, 0.2) is 36.7 Å². The molecule has 4 heterocycles. The molecule has 3 aromatic rings. The van der Waals surface area contributed by atoms with Gasteiger partial charge in [0.05, 0.1) is 0 Å². The number of aromatic nitrogens is 2. The molecule has 5 N–H and O–H groups in total. The molecule has 2 aromatic heterocycles. The van der Waals surface area contributed by atoms with Gasteiger partial charge in [-0.1, -0.05) is 0 Å². The predicted molar refractivity (Wildman–Crippen MR) is 108 cm³/mol. The van der Waals surface area contributed by atoms with Crippen molar-refractivity contribution in [3.63, 3.8) is 0 Å². The van der Waals surface area contributed by atoms with Crippen LogP contribution in [-0.2, 0) is 6.42 Å². The number of amides is 3. The number of hydrogen-bond donors (Lipinski definition) is 5. The maximum absolute atomic E-state index is 14.3. The first kappa shape index (κ1) is 22.0. The number of hydrogen-bond acceptors (Lipinski definition) is 6. The van der Waals surface area contributed by atoms with Crippen molar-refractivity contribution >= 4 is 23.3 Å². The van der Waals surface area contributed by atoms with Gasteiger partial charge >= 0.3 is 210 Å². The van der Waals surface area contributed by atoms with Crippen LogP contribution in [0.2, 0.25) is 0 Å². The van der Waals surface area contributed by atoms with Crippen LogP contribution in [0.3, 0.4) is 0 Å². The van der Waals surface area contributed by atoms with E-state index in [1.54, 1.807) is 30.6 Å². The van der Waals surface area contributed by atoms with Gasteiger partial charge in [0.2, 0.25) is 0 Å². The quantitative estimate of drug-likeness (QED) is 0.0838. The van der Waals surface area contributed by atoms with Crippen LogP contribution in [0.5, 0.6) is 11.5 Å². The van der Waals surface area contributed by atoms with Crippen molar-refractivity contribution in [3.05, 3.63) is 53.7 Å². The second-order valence-electron chi connectivity index (χ2n) is 6.97. The van der Waals surface area contributed by atoms with E-state index in [1.807, 2.05) is 0 Å². The molecule has 2 aliphatic heterocycles. The number of carbonyl (C=O) groups excluding carboxylic acids is 2. The molecule has 0 unspecified atom stereocenters. The number of nitrogens with zero attached hydrogens (tertiary/aromatic N) is 1. The zero-order chi connectivity index (χ0) is 22.9. The van der Waals surface area contributed by atoms with E-state index < -0.39 is 49.2 Å². The summed E-state index contributed by atoms with van der Waals surface area (Å²) in [6, 6.07) is 5.98. The summed E-state index contributed by atoms with van der Waals surface area (Å²) in [4.78, 5) is 32.8. The summed E-state index contributed by atoms with van der Waals surface area (Å²) in [6.07, 6.45) is 3.68. The third-order valence-corrected chi connectivity index (χ3v) is 8.69. The SMILES string of the molecule is COc1c(F)cccc1Nc1c2[nH]c3c1C(=O)N[C@H](C3)[I-]NC(=O)N[I-]Oc1cnccc1-2. The molecule has 0 radical (unpaired) electrons. The van der Waals surface area contributed by atoms with Crippen LogP contribution in [-0.4, -0.2) is 33.1 Å². The Kier molecular flexibility index (Phi) is 6.13. The Labute approximate surface area is 209 Å². The summed E-state index contributed by atoms with van der Waals surface area (Å²) >= 11 is -2.01. The van der Waals surface area contributed by atoms with Crippen molar-refractivity contribution in [1.82, 2.24) is 22.3 Å². The molecule has 33 heavy (non-hydrogen) atoms. The van der Waals surface area contributed by atoms with Gasteiger partial charge < -0.3 is 0 Å². The second-order valence-corrected chi connectivity index (χ2v) is 11.1. The number of anilines is 2. The molecule has 2 aliphatic rings. The van der Waals surface area contributed by atoms with Gasteiger partial charge in [-0.3, -0.25) is 0 Å². The molecule has 174 valence electrons. The van der Waals surface area contributed by atoms with E-state index in [4.69, 9.17) is 7.80 Å². The summed E-state index contributed by atoms with van der Waals surface area (Å²) in [5.41, 5.74) is 3.25. The number of pyridine rings is 1. The van der Waals surface area contributed by atoms with Crippen molar-refractivity contribution in [2.75, 3.05) is 12.4 Å². The van der Waals surface area contributed by atoms with Crippen LogP contribution in [0.1, 0.15) is 16.1 Å². The zero-order valence-corrected chi connectivity index (χ0v) is 21.3. The molecule has 0 saturated carbocycles. The Hall–Kier alpha value is -2.82. The number of benzene rings is 1. The molecule has 1 aromatic carbocycles. The zero-order valence-electron chi connectivity index (χ0n) is 17.0. The van der Waals surface area contributed by atoms with E-state index in [-0.39, 0.29) is 21.7 Å². The van der Waals surface area contributed by atoms with Crippen molar-refractivity contribution in [3.8, 4) is 22.8 Å². The summed E-state index contributed by atoms with van der Waals surface area (Å²) in [5, 5.41) is 6.19. The van der Waals surface area contributed by atoms with Crippen LogP contribution >= 0.6 is 0 Å². The van der Waals surface area contributed by atoms with Gasteiger partial charge in [0, 0.05) is 0 Å². The maximum atomic E-state index is 14.3. The van der Waals surface area contributed by atoms with E-state index in [0.29, 0.717) is 40.4 Å². The Balaban J connectivity index is 1.69. The molecule has 0 saturated heterocycles. The minimum absolute atomic E-state index is 0.0387. The molecular weight excluding hydrogens is 661 g/mol. The van der Waals surface area contributed by atoms with Gasteiger partial charge in [-0.25, -0.2) is 0 Å². The molecule has 3 bridgehead atoms. The molecule has 10 nitrogen and oxygen atoms in total. The fourth-order valence-corrected chi connectivity index (χ4v) is 7.06. The van der Waals surface area contributed by atoms with E-state index in [1.165, 1.54) is 13.2 Å². The first-order valence-electron chi connectivity index (χ1n) is 9.64. The van der Waals surface area contributed by atoms with Gasteiger partial charge in [-0.2, -0.15) is 0 Å². The Morgan fingerprint density at radius 3 is 3.00 bits per heavy atom. The molecule has 0 aliphatic carbocycles. The Bertz CT molecular complexity index is 1250. The summed E-state index contributed by atoms with van der Waals surface area (Å²) in [5.74, 6) is -0.324. The number of methoxy groups -OCH3 is 1. The fourth-order valence-electron chi connectivity index (χ4n) is 3.62. The molecule has 0 fully saturated rings. The predicted octanol–water partition coefficient (Wildman–Crippen LogP) is -3.81. The van der Waals surface area contributed by atoms with Crippen molar-refractivity contribution in [2.45, 2.75) is 10.5 Å². The standard InChI is InChI=1S/C20H17FI2N6O4/c1-32-18-10(21)3-2-4-11(18)25-17-15-12-7-14(27-19(15)30)22-28-20(31)29-23-33-13-8-24-6-5-9(13)16(17)26-12/h2-6,8,14,25-26H,7H2,1H3,(H,27,30)(H2,28,29,31)/q-2/t14-/m1/s1. The molecule has 0 spiro atoms. The summed E-state index contributed by atoms with van der Waals surface area (Å²) in [7, 11) is 1.39. The minimum atomic E-state index is -1.15. The van der Waals surface area contributed by atoms with Crippen LogP contribution in [0.4, 0.5) is 20.6 Å². The van der Waals surface area contributed by atoms with Gasteiger partial charge in [0.1, 0.15) is 0 Å². The number of alkyl halides is 1. The second kappa shape index (κ2) is 9.20. The Morgan fingerprint density at radius 1 is 1.27 bits per heavy atom. The summed E-state index contributed by atoms with van der Waals surface area (Å²) < 4.78 is 30.9. The van der Waals surface area contributed by atoms with Crippen molar-refractivity contribution in [2.24, 2.45) is 0 Å². The number of rotatable bonds is 3. The van der Waals surface area contributed by atoms with Crippen molar-refractivity contribution < 1.29 is 65.2 Å². The third-order valence-electron chi connectivity index (χ3n) is 4.98. The molecule has 5 rings (SSSR count). The van der Waals surface area contributed by atoms with Crippen LogP contribution < -0.4 is 68.9 Å². The molecule has 3 amide bonds. The normalized spacial score (nSPS) is 17.7. The van der Waals surface area contributed by atoms with E-state index in [0.717, 1.165) is 5.69 Å². The number of H-pyrrole nitrogens is 1. The van der Waals surface area contributed by atoms with Gasteiger partial charge in [0.25, 0.3) is 0 Å². The number of urea groups is 1.